The lowest BCUT2D eigenvalue weighted by molar-refractivity contribution is 0.0944. The number of carbonyl (C=O) groups excluding carboxylic acids is 1. The van der Waals surface area contributed by atoms with Gasteiger partial charge in [-0.3, -0.25) is 9.89 Å². The Hall–Kier alpha value is -3.03. The first-order valence-corrected chi connectivity index (χ1v) is 7.72. The Bertz CT molecular complexity index is 900. The maximum Gasteiger partial charge on any atom is 0.269 e. The van der Waals surface area contributed by atoms with E-state index in [-0.39, 0.29) is 17.4 Å². The molecule has 3 aromatic rings. The van der Waals surface area contributed by atoms with Crippen LogP contribution in [-0.4, -0.2) is 30.9 Å². The van der Waals surface area contributed by atoms with E-state index in [1.807, 2.05) is 4.57 Å². The number of nitrogens with zero attached hydrogens (tertiary/aromatic N) is 4. The molecular weight excluding hydrogens is 311 g/mol. The smallest absolute Gasteiger partial charge is 0.269 e. The molecule has 8 heteroatoms. The first-order valence-electron chi connectivity index (χ1n) is 7.72. The minimum absolute atomic E-state index is 0.273. The standard InChI is InChI=1S/C16H15FN6O/c17-11-5-2-1-4-10(11)12-8-13(20-19-12)16(24)18-9-15-22-21-14-6-3-7-23(14)15/h1-2,4-5,8H,3,6-7,9H2,(H,18,24)(H,19,20). The van der Waals surface area contributed by atoms with Crippen molar-refractivity contribution in [3.8, 4) is 11.3 Å². The van der Waals surface area contributed by atoms with Gasteiger partial charge in [0.15, 0.2) is 5.82 Å². The molecule has 2 N–H and O–H groups in total. The predicted molar refractivity (Wildman–Crippen MR) is 83.5 cm³/mol. The molecule has 0 atom stereocenters. The Morgan fingerprint density at radius 3 is 3.08 bits per heavy atom. The SMILES string of the molecule is O=C(NCc1nnc2n1CCC2)c1cc(-c2ccccc2F)n[nH]1. The number of rotatable bonds is 4. The molecule has 7 nitrogen and oxygen atoms in total. The summed E-state index contributed by atoms with van der Waals surface area (Å²) in [4.78, 5) is 12.2. The topological polar surface area (TPSA) is 88.5 Å². The van der Waals surface area contributed by atoms with E-state index < -0.39 is 0 Å². The van der Waals surface area contributed by atoms with Gasteiger partial charge in [0.05, 0.1) is 12.2 Å². The lowest BCUT2D eigenvalue weighted by atomic mass is 10.1. The van der Waals surface area contributed by atoms with Crippen molar-refractivity contribution in [1.82, 2.24) is 30.3 Å². The summed E-state index contributed by atoms with van der Waals surface area (Å²) in [5.41, 5.74) is 1.01. The van der Waals surface area contributed by atoms with Crippen LogP contribution in [0.5, 0.6) is 0 Å². The third kappa shape index (κ3) is 2.55. The number of hydrogen-bond donors (Lipinski definition) is 2. The highest BCUT2D eigenvalue weighted by molar-refractivity contribution is 5.93. The lowest BCUT2D eigenvalue weighted by Gasteiger charge is -2.04. The summed E-state index contributed by atoms with van der Waals surface area (Å²) in [5, 5.41) is 17.6. The molecule has 1 aromatic carbocycles. The van der Waals surface area contributed by atoms with E-state index in [1.54, 1.807) is 18.2 Å². The van der Waals surface area contributed by atoms with Crippen LogP contribution < -0.4 is 5.32 Å². The zero-order valence-electron chi connectivity index (χ0n) is 12.8. The average Bonchev–Trinajstić information content (AvgIpc) is 3.30. The number of aryl methyl sites for hydroxylation is 1. The Labute approximate surface area is 136 Å². The van der Waals surface area contributed by atoms with Crippen molar-refractivity contribution >= 4 is 5.91 Å². The third-order valence-electron chi connectivity index (χ3n) is 4.07. The van der Waals surface area contributed by atoms with Gasteiger partial charge < -0.3 is 9.88 Å². The molecule has 1 amide bonds. The zero-order valence-corrected chi connectivity index (χ0v) is 12.8. The Morgan fingerprint density at radius 2 is 2.21 bits per heavy atom. The van der Waals surface area contributed by atoms with E-state index in [0.29, 0.717) is 17.8 Å². The first-order chi connectivity index (χ1) is 11.7. The van der Waals surface area contributed by atoms with Crippen molar-refractivity contribution in [2.45, 2.75) is 25.9 Å². The number of nitrogens with one attached hydrogen (secondary N) is 2. The van der Waals surface area contributed by atoms with Crippen LogP contribution in [0.15, 0.2) is 30.3 Å². The molecule has 0 saturated heterocycles. The summed E-state index contributed by atoms with van der Waals surface area (Å²) in [6, 6.07) is 7.83. The Morgan fingerprint density at radius 1 is 1.33 bits per heavy atom. The molecule has 0 fully saturated rings. The summed E-state index contributed by atoms with van der Waals surface area (Å²) in [6.45, 7) is 1.18. The number of fused-ring (bicyclic) bond motifs is 1. The normalized spacial score (nSPS) is 13.0. The second kappa shape index (κ2) is 5.88. The van der Waals surface area contributed by atoms with Gasteiger partial charge in [0.25, 0.3) is 5.91 Å². The molecule has 1 aliphatic heterocycles. The minimum Gasteiger partial charge on any atom is -0.343 e. The van der Waals surface area contributed by atoms with Crippen LogP contribution in [0.3, 0.4) is 0 Å². The van der Waals surface area contributed by atoms with Gasteiger partial charge in [-0.25, -0.2) is 4.39 Å². The van der Waals surface area contributed by atoms with Gasteiger partial charge in [-0.2, -0.15) is 5.10 Å². The van der Waals surface area contributed by atoms with Gasteiger partial charge >= 0.3 is 0 Å². The molecule has 122 valence electrons. The second-order valence-electron chi connectivity index (χ2n) is 5.62. The third-order valence-corrected chi connectivity index (χ3v) is 4.07. The zero-order chi connectivity index (χ0) is 16.5. The maximum atomic E-state index is 13.8. The van der Waals surface area contributed by atoms with Crippen molar-refractivity contribution in [1.29, 1.82) is 0 Å². The van der Waals surface area contributed by atoms with Gasteiger partial charge in [-0.15, -0.1) is 10.2 Å². The fourth-order valence-electron chi connectivity index (χ4n) is 2.84. The van der Waals surface area contributed by atoms with Gasteiger partial charge in [0, 0.05) is 18.5 Å². The molecule has 0 aliphatic carbocycles. The highest BCUT2D eigenvalue weighted by Gasteiger charge is 2.18. The Balaban J connectivity index is 1.46. The predicted octanol–water partition coefficient (Wildman–Crippen LogP) is 1.68. The Kier molecular flexibility index (Phi) is 3.56. The molecule has 0 spiro atoms. The molecule has 1 aliphatic rings. The van der Waals surface area contributed by atoms with Crippen LogP contribution in [0.1, 0.15) is 28.6 Å². The van der Waals surface area contributed by atoms with E-state index in [0.717, 1.165) is 31.0 Å². The lowest BCUT2D eigenvalue weighted by Crippen LogP contribution is -2.25. The van der Waals surface area contributed by atoms with E-state index in [1.165, 1.54) is 12.1 Å². The van der Waals surface area contributed by atoms with Crippen molar-refractivity contribution in [3.05, 3.63) is 53.5 Å². The molecule has 0 unspecified atom stereocenters. The van der Waals surface area contributed by atoms with Crippen molar-refractivity contribution < 1.29 is 9.18 Å². The van der Waals surface area contributed by atoms with Crippen LogP contribution in [0, 0.1) is 5.82 Å². The molecule has 3 heterocycles. The van der Waals surface area contributed by atoms with E-state index in [2.05, 4.69) is 25.7 Å². The van der Waals surface area contributed by atoms with Crippen LogP contribution in [-0.2, 0) is 19.5 Å². The summed E-state index contributed by atoms with van der Waals surface area (Å²) in [5.74, 6) is 1.00. The van der Waals surface area contributed by atoms with Crippen LogP contribution in [0.4, 0.5) is 4.39 Å². The van der Waals surface area contributed by atoms with Gasteiger partial charge in [0.2, 0.25) is 0 Å². The number of aromatic amines is 1. The molecule has 0 bridgehead atoms. The molecular formula is C16H15FN6O. The molecule has 0 radical (unpaired) electrons. The fraction of sp³-hybridized carbons (Fsp3) is 0.250. The highest BCUT2D eigenvalue weighted by atomic mass is 19.1. The van der Waals surface area contributed by atoms with E-state index in [4.69, 9.17) is 0 Å². The molecule has 2 aromatic heterocycles. The minimum atomic E-state index is -0.380. The summed E-state index contributed by atoms with van der Waals surface area (Å²) in [7, 11) is 0. The number of carbonyl (C=O) groups is 1. The number of amides is 1. The number of hydrogen-bond acceptors (Lipinski definition) is 4. The summed E-state index contributed by atoms with van der Waals surface area (Å²) < 4.78 is 15.8. The maximum absolute atomic E-state index is 13.8. The quantitative estimate of drug-likeness (QED) is 0.763. The number of halogens is 1. The van der Waals surface area contributed by atoms with Gasteiger partial charge in [-0.1, -0.05) is 12.1 Å². The second-order valence-corrected chi connectivity index (χ2v) is 5.62. The highest BCUT2D eigenvalue weighted by Crippen LogP contribution is 2.21. The van der Waals surface area contributed by atoms with Crippen molar-refractivity contribution in [2.24, 2.45) is 0 Å². The molecule has 0 saturated carbocycles. The largest absolute Gasteiger partial charge is 0.343 e. The number of aromatic nitrogens is 5. The van der Waals surface area contributed by atoms with Gasteiger partial charge in [0.1, 0.15) is 17.3 Å². The number of H-pyrrole nitrogens is 1. The van der Waals surface area contributed by atoms with E-state index in [9.17, 15) is 9.18 Å². The van der Waals surface area contributed by atoms with Crippen LogP contribution in [0.25, 0.3) is 11.3 Å². The average molecular weight is 326 g/mol. The van der Waals surface area contributed by atoms with E-state index >= 15 is 0 Å². The van der Waals surface area contributed by atoms with Crippen molar-refractivity contribution in [2.75, 3.05) is 0 Å². The van der Waals surface area contributed by atoms with Crippen LogP contribution >= 0.6 is 0 Å². The molecule has 24 heavy (non-hydrogen) atoms. The monoisotopic (exact) mass is 326 g/mol. The fourth-order valence-corrected chi connectivity index (χ4v) is 2.84. The van der Waals surface area contributed by atoms with Crippen LogP contribution in [0.2, 0.25) is 0 Å². The van der Waals surface area contributed by atoms with Gasteiger partial charge in [-0.05, 0) is 24.6 Å². The van der Waals surface area contributed by atoms with Crippen molar-refractivity contribution in [3.63, 3.8) is 0 Å². The summed E-state index contributed by atoms with van der Waals surface area (Å²) >= 11 is 0. The molecule has 4 rings (SSSR count). The number of benzene rings is 1. The first kappa shape index (κ1) is 14.6. The summed E-state index contributed by atoms with van der Waals surface area (Å²) in [6.07, 6.45) is 1.98.